The van der Waals surface area contributed by atoms with Crippen LogP contribution in [-0.4, -0.2) is 30.6 Å². The van der Waals surface area contributed by atoms with Crippen LogP contribution in [0.4, 0.5) is 0 Å². The van der Waals surface area contributed by atoms with Crippen molar-refractivity contribution in [2.45, 2.75) is 44.7 Å². The SMILES string of the molecule is CC(c1cccc(C#N)c1)N1CCC(C2CCCN2)CC1. The fraction of sp³-hybridized carbons (Fsp3) is 0.611. The van der Waals surface area contributed by atoms with Gasteiger partial charge in [0.2, 0.25) is 0 Å². The number of nitrogens with zero attached hydrogens (tertiary/aromatic N) is 2. The molecule has 1 aromatic rings. The standard InChI is InChI=1S/C18H25N3/c1-14(17-5-2-4-15(12-17)13-19)21-10-7-16(8-11-21)18-6-3-9-20-18/h2,4-5,12,14,16,18,20H,3,6-11H2,1H3. The lowest BCUT2D eigenvalue weighted by Gasteiger charge is -2.38. The van der Waals surface area contributed by atoms with Crippen LogP contribution in [0.15, 0.2) is 24.3 Å². The van der Waals surface area contributed by atoms with Gasteiger partial charge in [-0.25, -0.2) is 0 Å². The predicted molar refractivity (Wildman–Crippen MR) is 84.9 cm³/mol. The van der Waals surface area contributed by atoms with Gasteiger partial charge in [-0.2, -0.15) is 5.26 Å². The van der Waals surface area contributed by atoms with E-state index in [4.69, 9.17) is 5.26 Å². The minimum absolute atomic E-state index is 0.413. The number of piperidine rings is 1. The molecule has 2 heterocycles. The Balaban J connectivity index is 1.59. The van der Waals surface area contributed by atoms with Crippen LogP contribution in [-0.2, 0) is 0 Å². The summed E-state index contributed by atoms with van der Waals surface area (Å²) in [5, 5.41) is 12.7. The Labute approximate surface area is 128 Å². The molecule has 3 heteroatoms. The van der Waals surface area contributed by atoms with E-state index in [9.17, 15) is 0 Å². The molecule has 2 saturated heterocycles. The van der Waals surface area contributed by atoms with Crippen LogP contribution in [0.1, 0.15) is 49.8 Å². The third kappa shape index (κ3) is 3.28. The largest absolute Gasteiger partial charge is 0.314 e. The van der Waals surface area contributed by atoms with Crippen molar-refractivity contribution in [1.82, 2.24) is 10.2 Å². The fourth-order valence-corrected chi connectivity index (χ4v) is 3.90. The van der Waals surface area contributed by atoms with Crippen molar-refractivity contribution in [1.29, 1.82) is 5.26 Å². The molecule has 112 valence electrons. The second kappa shape index (κ2) is 6.60. The van der Waals surface area contributed by atoms with Crippen LogP contribution >= 0.6 is 0 Å². The topological polar surface area (TPSA) is 39.1 Å². The van der Waals surface area contributed by atoms with E-state index in [1.807, 2.05) is 18.2 Å². The summed E-state index contributed by atoms with van der Waals surface area (Å²) in [6.45, 7) is 5.84. The number of nitriles is 1. The number of hydrogen-bond donors (Lipinski definition) is 1. The molecule has 1 aromatic carbocycles. The van der Waals surface area contributed by atoms with E-state index in [2.05, 4.69) is 29.3 Å². The van der Waals surface area contributed by atoms with Gasteiger partial charge in [-0.15, -0.1) is 0 Å². The van der Waals surface area contributed by atoms with Crippen molar-refractivity contribution in [3.8, 4) is 6.07 Å². The molecular formula is C18H25N3. The maximum absolute atomic E-state index is 9.04. The smallest absolute Gasteiger partial charge is 0.0991 e. The number of benzene rings is 1. The van der Waals surface area contributed by atoms with E-state index in [1.165, 1.54) is 50.9 Å². The average molecular weight is 283 g/mol. The maximum Gasteiger partial charge on any atom is 0.0991 e. The van der Waals surface area contributed by atoms with E-state index in [0.29, 0.717) is 6.04 Å². The van der Waals surface area contributed by atoms with E-state index in [-0.39, 0.29) is 0 Å². The molecule has 2 aliphatic rings. The van der Waals surface area contributed by atoms with E-state index in [1.54, 1.807) is 0 Å². The molecule has 0 spiro atoms. The molecule has 3 nitrogen and oxygen atoms in total. The van der Waals surface area contributed by atoms with Gasteiger partial charge in [-0.05, 0) is 75.9 Å². The molecule has 2 unspecified atom stereocenters. The molecule has 1 N–H and O–H groups in total. The molecule has 0 radical (unpaired) electrons. The monoisotopic (exact) mass is 283 g/mol. The third-order valence-electron chi connectivity index (χ3n) is 5.29. The molecule has 21 heavy (non-hydrogen) atoms. The minimum Gasteiger partial charge on any atom is -0.314 e. The summed E-state index contributed by atoms with van der Waals surface area (Å²) >= 11 is 0. The Morgan fingerprint density at radius 1 is 1.29 bits per heavy atom. The molecule has 0 amide bonds. The zero-order valence-electron chi connectivity index (χ0n) is 12.9. The van der Waals surface area contributed by atoms with Gasteiger partial charge in [-0.3, -0.25) is 4.90 Å². The number of rotatable bonds is 3. The van der Waals surface area contributed by atoms with Crippen molar-refractivity contribution >= 4 is 0 Å². The van der Waals surface area contributed by atoms with Crippen LogP contribution in [0, 0.1) is 17.2 Å². The van der Waals surface area contributed by atoms with Crippen LogP contribution in [0.2, 0.25) is 0 Å². The first-order valence-corrected chi connectivity index (χ1v) is 8.25. The highest BCUT2D eigenvalue weighted by molar-refractivity contribution is 5.34. The molecule has 0 aliphatic carbocycles. The van der Waals surface area contributed by atoms with Crippen molar-refractivity contribution in [2.24, 2.45) is 5.92 Å². The van der Waals surface area contributed by atoms with E-state index >= 15 is 0 Å². The Hall–Kier alpha value is -1.37. The summed E-state index contributed by atoms with van der Waals surface area (Å²) in [5.74, 6) is 0.862. The lowest BCUT2D eigenvalue weighted by Crippen LogP contribution is -2.41. The third-order valence-corrected chi connectivity index (χ3v) is 5.29. The molecule has 0 bridgehead atoms. The van der Waals surface area contributed by atoms with Crippen molar-refractivity contribution in [3.05, 3.63) is 35.4 Å². The predicted octanol–water partition coefficient (Wildman–Crippen LogP) is 3.08. The highest BCUT2D eigenvalue weighted by Gasteiger charge is 2.30. The second-order valence-corrected chi connectivity index (χ2v) is 6.49. The highest BCUT2D eigenvalue weighted by atomic mass is 15.2. The van der Waals surface area contributed by atoms with Gasteiger partial charge in [0.05, 0.1) is 11.6 Å². The quantitative estimate of drug-likeness (QED) is 0.926. The van der Waals surface area contributed by atoms with Crippen LogP contribution < -0.4 is 5.32 Å². The molecule has 3 rings (SSSR count). The maximum atomic E-state index is 9.04. The number of nitrogens with one attached hydrogen (secondary N) is 1. The average Bonchev–Trinajstić information content (AvgIpc) is 3.09. The Morgan fingerprint density at radius 2 is 2.10 bits per heavy atom. The number of hydrogen-bond acceptors (Lipinski definition) is 3. The second-order valence-electron chi connectivity index (χ2n) is 6.49. The molecule has 2 atom stereocenters. The van der Waals surface area contributed by atoms with Gasteiger partial charge < -0.3 is 5.32 Å². The summed E-state index contributed by atoms with van der Waals surface area (Å²) in [4.78, 5) is 2.57. The first-order valence-electron chi connectivity index (χ1n) is 8.25. The van der Waals surface area contributed by atoms with Gasteiger partial charge >= 0.3 is 0 Å². The fourth-order valence-electron chi connectivity index (χ4n) is 3.90. The Kier molecular flexibility index (Phi) is 4.57. The summed E-state index contributed by atoms with van der Waals surface area (Å²) in [5.41, 5.74) is 2.04. The molecular weight excluding hydrogens is 258 g/mol. The summed E-state index contributed by atoms with van der Waals surface area (Å²) < 4.78 is 0. The highest BCUT2D eigenvalue weighted by Crippen LogP contribution is 2.30. The van der Waals surface area contributed by atoms with Gasteiger partial charge in [0, 0.05) is 12.1 Å². The summed E-state index contributed by atoms with van der Waals surface area (Å²) in [7, 11) is 0. The van der Waals surface area contributed by atoms with E-state index < -0.39 is 0 Å². The molecule has 0 aromatic heterocycles. The van der Waals surface area contributed by atoms with Crippen LogP contribution in [0.3, 0.4) is 0 Å². The Bertz CT molecular complexity index is 505. The molecule has 0 saturated carbocycles. The van der Waals surface area contributed by atoms with Crippen molar-refractivity contribution < 1.29 is 0 Å². The van der Waals surface area contributed by atoms with E-state index in [0.717, 1.165) is 17.5 Å². The van der Waals surface area contributed by atoms with Crippen LogP contribution in [0.25, 0.3) is 0 Å². The van der Waals surface area contributed by atoms with Crippen molar-refractivity contribution in [3.63, 3.8) is 0 Å². The molecule has 2 aliphatic heterocycles. The first-order chi connectivity index (χ1) is 10.3. The van der Waals surface area contributed by atoms with Gasteiger partial charge in [0.1, 0.15) is 0 Å². The normalized spacial score (nSPS) is 25.6. The summed E-state index contributed by atoms with van der Waals surface area (Å²) in [6.07, 6.45) is 5.33. The van der Waals surface area contributed by atoms with Gasteiger partial charge in [0.25, 0.3) is 0 Å². The number of likely N-dealkylation sites (tertiary alicyclic amines) is 1. The molecule has 2 fully saturated rings. The first kappa shape index (κ1) is 14.6. The van der Waals surface area contributed by atoms with Crippen molar-refractivity contribution in [2.75, 3.05) is 19.6 Å². The summed E-state index contributed by atoms with van der Waals surface area (Å²) in [6, 6.07) is 11.5. The van der Waals surface area contributed by atoms with Crippen LogP contribution in [0.5, 0.6) is 0 Å². The Morgan fingerprint density at radius 3 is 2.76 bits per heavy atom. The lowest BCUT2D eigenvalue weighted by atomic mass is 9.87. The van der Waals surface area contributed by atoms with Gasteiger partial charge in [0.15, 0.2) is 0 Å². The zero-order chi connectivity index (χ0) is 14.7. The van der Waals surface area contributed by atoms with Gasteiger partial charge in [-0.1, -0.05) is 12.1 Å². The zero-order valence-corrected chi connectivity index (χ0v) is 12.9. The lowest BCUT2D eigenvalue weighted by molar-refractivity contribution is 0.126. The minimum atomic E-state index is 0.413.